The minimum absolute atomic E-state index is 0.204. The number of aromatic amines is 1. The zero-order chi connectivity index (χ0) is 36.9. The topological polar surface area (TPSA) is 137 Å². The number of aromatic nitrogens is 2. The van der Waals surface area contributed by atoms with Gasteiger partial charge in [0, 0.05) is 25.1 Å². The molecule has 0 bridgehead atoms. The van der Waals surface area contributed by atoms with Gasteiger partial charge in [0.05, 0.1) is 0 Å². The first-order valence-electron chi connectivity index (χ1n) is 20.9. The van der Waals surface area contributed by atoms with E-state index in [1.165, 1.54) is 128 Å². The van der Waals surface area contributed by atoms with E-state index < -0.39 is 41.8 Å². The molecule has 10 nitrogen and oxygen atoms in total. The number of carbonyl (C=O) groups excluding carboxylic acids is 2. The van der Waals surface area contributed by atoms with E-state index in [1.807, 2.05) is 0 Å². The Labute approximate surface area is 307 Å². The summed E-state index contributed by atoms with van der Waals surface area (Å²) in [4.78, 5) is 51.6. The smallest absolute Gasteiger partial charge is 0.330 e. The molecule has 1 aliphatic heterocycles. The maximum absolute atomic E-state index is 12.8. The summed E-state index contributed by atoms with van der Waals surface area (Å²) in [6.45, 7) is 4.27. The molecular formula is C41H72N2O8. The molecule has 0 amide bonds. The second kappa shape index (κ2) is 29.0. The average Bonchev–Trinajstić information content (AvgIpc) is 3.41. The largest absolute Gasteiger partial charge is 0.463 e. The highest BCUT2D eigenvalue weighted by atomic mass is 16.6. The first kappa shape index (κ1) is 44.7. The molecule has 2 rings (SSSR count). The van der Waals surface area contributed by atoms with Crippen LogP contribution in [0, 0.1) is 0 Å². The van der Waals surface area contributed by atoms with Crippen LogP contribution in [0.2, 0.25) is 0 Å². The molecule has 51 heavy (non-hydrogen) atoms. The van der Waals surface area contributed by atoms with Crippen molar-refractivity contribution in [1.29, 1.82) is 0 Å². The Hall–Kier alpha value is -2.46. The number of nitrogens with zero attached hydrogens (tertiary/aromatic N) is 1. The number of aliphatic hydroxyl groups is 1. The van der Waals surface area contributed by atoms with Gasteiger partial charge in [0.25, 0.3) is 5.56 Å². The summed E-state index contributed by atoms with van der Waals surface area (Å²) in [6, 6.07) is 1.15. The van der Waals surface area contributed by atoms with Crippen molar-refractivity contribution >= 4 is 11.9 Å². The fourth-order valence-electron chi connectivity index (χ4n) is 6.89. The highest BCUT2D eigenvalue weighted by Gasteiger charge is 2.48. The van der Waals surface area contributed by atoms with Crippen LogP contribution in [-0.2, 0) is 23.8 Å². The van der Waals surface area contributed by atoms with E-state index in [9.17, 15) is 24.3 Å². The molecule has 1 fully saturated rings. The molecule has 0 radical (unpaired) electrons. The average molecular weight is 721 g/mol. The zero-order valence-electron chi connectivity index (χ0n) is 32.2. The molecule has 1 saturated heterocycles. The minimum Gasteiger partial charge on any atom is -0.463 e. The van der Waals surface area contributed by atoms with Gasteiger partial charge < -0.3 is 19.3 Å². The third-order valence-corrected chi connectivity index (χ3v) is 10.1. The van der Waals surface area contributed by atoms with E-state index in [4.69, 9.17) is 14.2 Å². The highest BCUT2D eigenvalue weighted by molar-refractivity contribution is 5.70. The molecule has 0 spiro atoms. The number of unbranched alkanes of at least 4 members (excludes halogenated alkanes) is 24. The summed E-state index contributed by atoms with van der Waals surface area (Å²) < 4.78 is 18.2. The molecule has 2 heterocycles. The van der Waals surface area contributed by atoms with Gasteiger partial charge in [0.1, 0.15) is 18.8 Å². The lowest BCUT2D eigenvalue weighted by molar-refractivity contribution is -0.160. The fraction of sp³-hybridized carbons (Fsp3) is 0.854. The number of nitrogens with one attached hydrogen (secondary N) is 1. The normalized spacial score (nSPS) is 18.6. The van der Waals surface area contributed by atoms with Crippen molar-refractivity contribution in [2.24, 2.45) is 0 Å². The Bertz CT molecular complexity index is 1150. The molecule has 0 unspecified atom stereocenters. The van der Waals surface area contributed by atoms with Crippen LogP contribution >= 0.6 is 0 Å². The third-order valence-electron chi connectivity index (χ3n) is 10.1. The number of aliphatic hydroxyl groups excluding tert-OH is 1. The van der Waals surface area contributed by atoms with E-state index >= 15 is 0 Å². The predicted molar refractivity (Wildman–Crippen MR) is 203 cm³/mol. The minimum atomic E-state index is -1.39. The molecule has 2 N–H and O–H groups in total. The van der Waals surface area contributed by atoms with Crippen molar-refractivity contribution in [3.05, 3.63) is 33.1 Å². The molecule has 4 atom stereocenters. The number of hydrogen-bond donors (Lipinski definition) is 2. The van der Waals surface area contributed by atoms with Gasteiger partial charge in [0.15, 0.2) is 12.3 Å². The summed E-state index contributed by atoms with van der Waals surface area (Å²) in [5, 5.41) is 11.1. The first-order valence-corrected chi connectivity index (χ1v) is 20.9. The first-order chi connectivity index (χ1) is 24.9. The van der Waals surface area contributed by atoms with Gasteiger partial charge in [0.2, 0.25) is 0 Å². The van der Waals surface area contributed by atoms with Gasteiger partial charge in [-0.3, -0.25) is 23.9 Å². The van der Waals surface area contributed by atoms with Crippen LogP contribution in [0.15, 0.2) is 21.9 Å². The van der Waals surface area contributed by atoms with Crippen molar-refractivity contribution in [1.82, 2.24) is 9.55 Å². The molecule has 10 heteroatoms. The van der Waals surface area contributed by atoms with Crippen molar-refractivity contribution in [2.45, 2.75) is 218 Å². The third kappa shape index (κ3) is 20.4. The highest BCUT2D eigenvalue weighted by Crippen LogP contribution is 2.31. The van der Waals surface area contributed by atoms with Crippen molar-refractivity contribution in [3.63, 3.8) is 0 Å². The molecular weight excluding hydrogens is 648 g/mol. The Morgan fingerprint density at radius 3 is 1.51 bits per heavy atom. The molecule has 1 aliphatic rings. The summed E-state index contributed by atoms with van der Waals surface area (Å²) >= 11 is 0. The molecule has 1 aromatic heterocycles. The van der Waals surface area contributed by atoms with Gasteiger partial charge in [-0.1, -0.05) is 168 Å². The maximum atomic E-state index is 12.8. The lowest BCUT2D eigenvalue weighted by Gasteiger charge is -2.21. The van der Waals surface area contributed by atoms with E-state index in [0.29, 0.717) is 6.42 Å². The standard InChI is InChI=1S/C41H72N2O8/c1-3-5-7-9-11-13-15-17-19-21-23-25-27-29-36(45)49-33-34-39(38(47)40(50-34)43-32-31-35(44)42-41(43)48)51-37(46)30-28-26-24-22-20-18-16-14-12-10-8-6-4-2/h31-32,34,38-40,47H,3-30,33H2,1-2H3,(H,42,44,48)/t34-,38-,39-,40-/m1/s1. The van der Waals surface area contributed by atoms with Gasteiger partial charge in [-0.15, -0.1) is 0 Å². The van der Waals surface area contributed by atoms with Crippen LogP contribution in [0.5, 0.6) is 0 Å². The van der Waals surface area contributed by atoms with E-state index in [0.717, 1.165) is 49.2 Å². The summed E-state index contributed by atoms with van der Waals surface area (Å²) in [5.74, 6) is -0.846. The van der Waals surface area contributed by atoms with Crippen LogP contribution in [0.3, 0.4) is 0 Å². The van der Waals surface area contributed by atoms with E-state index in [2.05, 4.69) is 18.8 Å². The lowest BCUT2D eigenvalue weighted by atomic mass is 10.0. The number of esters is 2. The quantitative estimate of drug-likeness (QED) is 0.0555. The SMILES string of the molecule is CCCCCCCCCCCCCCCC(=O)OC[C@H]1O[C@@H](n2ccc(=O)[nH]c2=O)[C@H](O)[C@@H]1OC(=O)CCCCCCCCCCCCCCC. The van der Waals surface area contributed by atoms with Gasteiger partial charge in [-0.25, -0.2) is 4.79 Å². The van der Waals surface area contributed by atoms with Gasteiger partial charge >= 0.3 is 17.6 Å². The molecule has 1 aromatic rings. The number of hydrogen-bond acceptors (Lipinski definition) is 8. The molecule has 294 valence electrons. The maximum Gasteiger partial charge on any atom is 0.330 e. The number of carbonyl (C=O) groups is 2. The molecule has 0 aliphatic carbocycles. The second-order valence-electron chi connectivity index (χ2n) is 14.7. The van der Waals surface area contributed by atoms with Gasteiger partial charge in [-0.05, 0) is 12.8 Å². The number of rotatable bonds is 32. The molecule has 0 saturated carbocycles. The summed E-state index contributed by atoms with van der Waals surface area (Å²) in [6.07, 6.45) is 28.4. The summed E-state index contributed by atoms with van der Waals surface area (Å²) in [7, 11) is 0. The van der Waals surface area contributed by atoms with Crippen LogP contribution < -0.4 is 11.2 Å². The van der Waals surface area contributed by atoms with Crippen molar-refractivity contribution in [2.75, 3.05) is 6.61 Å². The van der Waals surface area contributed by atoms with Crippen molar-refractivity contribution < 1.29 is 28.9 Å². The van der Waals surface area contributed by atoms with Gasteiger partial charge in [-0.2, -0.15) is 0 Å². The Morgan fingerprint density at radius 1 is 0.667 bits per heavy atom. The van der Waals surface area contributed by atoms with Crippen LogP contribution in [0.4, 0.5) is 0 Å². The van der Waals surface area contributed by atoms with Crippen molar-refractivity contribution in [3.8, 4) is 0 Å². The van der Waals surface area contributed by atoms with Crippen LogP contribution in [0.25, 0.3) is 0 Å². The van der Waals surface area contributed by atoms with E-state index in [1.54, 1.807) is 0 Å². The van der Waals surface area contributed by atoms with Crippen LogP contribution in [-0.4, -0.2) is 51.5 Å². The fourth-order valence-corrected chi connectivity index (χ4v) is 6.89. The second-order valence-corrected chi connectivity index (χ2v) is 14.7. The Morgan fingerprint density at radius 2 is 1.08 bits per heavy atom. The Balaban J connectivity index is 1.69. The zero-order valence-corrected chi connectivity index (χ0v) is 32.2. The lowest BCUT2D eigenvalue weighted by Crippen LogP contribution is -2.40. The molecule has 0 aromatic carbocycles. The number of ether oxygens (including phenoxy) is 3. The monoisotopic (exact) mass is 721 g/mol. The predicted octanol–water partition coefficient (Wildman–Crippen LogP) is 9.21. The summed E-state index contributed by atoms with van der Waals surface area (Å²) in [5.41, 5.74) is -1.34. The number of H-pyrrole nitrogens is 1. The Kier molecular flexibility index (Phi) is 25.5. The van der Waals surface area contributed by atoms with E-state index in [-0.39, 0.29) is 25.4 Å². The van der Waals surface area contributed by atoms with Crippen LogP contribution in [0.1, 0.15) is 200 Å².